The molecule has 0 aliphatic heterocycles. The third kappa shape index (κ3) is 4.15. The van der Waals surface area contributed by atoms with E-state index in [9.17, 15) is 10.1 Å². The molecule has 2 amide bonds. The van der Waals surface area contributed by atoms with Gasteiger partial charge in [0.2, 0.25) is 0 Å². The van der Waals surface area contributed by atoms with Crippen LogP contribution in [0.2, 0.25) is 0 Å². The highest BCUT2D eigenvalue weighted by atomic mass is 32.1. The van der Waals surface area contributed by atoms with Crippen LogP contribution in [0.1, 0.15) is 23.0 Å². The molecular weight excluding hydrogens is 414 g/mol. The molecule has 1 atom stereocenters. The van der Waals surface area contributed by atoms with E-state index in [1.807, 2.05) is 41.9 Å². The van der Waals surface area contributed by atoms with Gasteiger partial charge in [0.15, 0.2) is 5.01 Å². The molecule has 0 radical (unpaired) electrons. The zero-order chi connectivity index (χ0) is 20.9. The lowest BCUT2D eigenvalue weighted by molar-refractivity contribution is 0.248. The van der Waals surface area contributed by atoms with E-state index in [2.05, 4.69) is 38.7 Å². The Bertz CT molecular complexity index is 1280. The van der Waals surface area contributed by atoms with Gasteiger partial charge >= 0.3 is 6.03 Å². The van der Waals surface area contributed by atoms with Gasteiger partial charge in [-0.1, -0.05) is 36.4 Å². The van der Waals surface area contributed by atoms with Crippen LogP contribution in [-0.4, -0.2) is 16.0 Å². The van der Waals surface area contributed by atoms with Crippen molar-refractivity contribution in [3.05, 3.63) is 63.9 Å². The van der Waals surface area contributed by atoms with Gasteiger partial charge in [-0.15, -0.1) is 29.1 Å². The van der Waals surface area contributed by atoms with Gasteiger partial charge in [-0.3, -0.25) is 5.32 Å². The Morgan fingerprint density at radius 3 is 2.77 bits per heavy atom. The molecule has 0 bridgehead atoms. The zero-order valence-corrected chi connectivity index (χ0v) is 17.3. The minimum Gasteiger partial charge on any atom is -0.330 e. The number of anilines is 1. The Morgan fingerprint density at radius 2 is 2.03 bits per heavy atom. The van der Waals surface area contributed by atoms with Crippen LogP contribution in [0, 0.1) is 23.7 Å². The van der Waals surface area contributed by atoms with E-state index < -0.39 is 12.1 Å². The van der Waals surface area contributed by atoms with E-state index in [1.54, 1.807) is 16.7 Å². The summed E-state index contributed by atoms with van der Waals surface area (Å²) < 4.78 is 1.13. The number of terminal acetylenes is 1. The average Bonchev–Trinajstić information content (AvgIpc) is 3.42. The number of amides is 2. The Labute approximate surface area is 181 Å². The molecule has 6 nitrogen and oxygen atoms in total. The fraction of sp³-hybridized carbons (Fsp3) is 0.0909. The number of carbonyl (C=O) groups is 1. The van der Waals surface area contributed by atoms with Crippen molar-refractivity contribution in [1.82, 2.24) is 15.3 Å². The van der Waals surface area contributed by atoms with Crippen LogP contribution in [-0.2, 0) is 0 Å². The number of hydrogen-bond acceptors (Lipinski definition) is 6. The molecule has 0 unspecified atom stereocenters. The van der Waals surface area contributed by atoms with E-state index in [-0.39, 0.29) is 6.42 Å². The van der Waals surface area contributed by atoms with Crippen LogP contribution in [0.4, 0.5) is 10.6 Å². The van der Waals surface area contributed by atoms with Gasteiger partial charge in [-0.05, 0) is 23.1 Å². The first-order chi connectivity index (χ1) is 14.7. The number of urea groups is 1. The van der Waals surface area contributed by atoms with Crippen molar-refractivity contribution < 1.29 is 4.79 Å². The zero-order valence-electron chi connectivity index (χ0n) is 15.6. The molecule has 0 aliphatic carbocycles. The van der Waals surface area contributed by atoms with Gasteiger partial charge in [0.1, 0.15) is 5.82 Å². The minimum absolute atomic E-state index is 0.143. The maximum Gasteiger partial charge on any atom is 0.320 e. The van der Waals surface area contributed by atoms with Crippen molar-refractivity contribution in [2.75, 3.05) is 5.32 Å². The molecule has 2 aromatic heterocycles. The second kappa shape index (κ2) is 8.75. The SMILES string of the molecule is C#Cc1nc(NC(=O)N[C@@H](CC#N)c2ccc(-c3cccc4ncsc34)cc2)cs1. The fourth-order valence-electron chi connectivity index (χ4n) is 3.06. The lowest BCUT2D eigenvalue weighted by atomic mass is 9.99. The van der Waals surface area contributed by atoms with Gasteiger partial charge < -0.3 is 5.32 Å². The van der Waals surface area contributed by atoms with Crippen molar-refractivity contribution >= 4 is 44.7 Å². The number of nitrogens with zero attached hydrogens (tertiary/aromatic N) is 3. The number of nitrogens with one attached hydrogen (secondary N) is 2. The molecule has 8 heteroatoms. The highest BCUT2D eigenvalue weighted by molar-refractivity contribution is 7.17. The molecule has 2 aromatic carbocycles. The van der Waals surface area contributed by atoms with Gasteiger partial charge in [-0.25, -0.2) is 14.8 Å². The number of hydrogen-bond donors (Lipinski definition) is 2. The van der Waals surface area contributed by atoms with Crippen molar-refractivity contribution in [2.24, 2.45) is 0 Å². The molecule has 4 rings (SSSR count). The first-order valence-electron chi connectivity index (χ1n) is 8.97. The summed E-state index contributed by atoms with van der Waals surface area (Å²) in [5.74, 6) is 2.81. The van der Waals surface area contributed by atoms with Gasteiger partial charge in [0, 0.05) is 10.9 Å². The molecule has 0 aliphatic rings. The van der Waals surface area contributed by atoms with Gasteiger partial charge in [-0.2, -0.15) is 5.26 Å². The summed E-state index contributed by atoms with van der Waals surface area (Å²) >= 11 is 2.88. The molecule has 2 heterocycles. The number of benzene rings is 2. The van der Waals surface area contributed by atoms with E-state index in [0.717, 1.165) is 26.9 Å². The maximum absolute atomic E-state index is 12.3. The first-order valence-corrected chi connectivity index (χ1v) is 10.7. The smallest absolute Gasteiger partial charge is 0.320 e. The molecule has 0 saturated carbocycles. The molecule has 146 valence electrons. The molecule has 0 fully saturated rings. The standard InChI is InChI=1S/C22H15N5OS2/c1-2-20-26-19(12-29-20)27-22(28)25-17(10-11-23)15-8-6-14(7-9-15)16-4-3-5-18-21(16)30-13-24-18/h1,3-9,12-13,17H,10H2,(H2,25,27,28)/t17-/m0/s1. The van der Waals surface area contributed by atoms with E-state index in [0.29, 0.717) is 10.8 Å². The van der Waals surface area contributed by atoms with Gasteiger partial charge in [0.25, 0.3) is 0 Å². The predicted octanol–water partition coefficient (Wildman–Crippen LogP) is 5.18. The van der Waals surface area contributed by atoms with E-state index in [4.69, 9.17) is 6.42 Å². The average molecular weight is 430 g/mol. The minimum atomic E-state index is -0.450. The molecule has 30 heavy (non-hydrogen) atoms. The van der Waals surface area contributed by atoms with Crippen LogP contribution in [0.15, 0.2) is 53.4 Å². The Balaban J connectivity index is 1.51. The number of thiazole rings is 2. The number of carbonyl (C=O) groups excluding carboxylic acids is 1. The topological polar surface area (TPSA) is 90.7 Å². The summed E-state index contributed by atoms with van der Waals surface area (Å²) in [5.41, 5.74) is 5.81. The normalized spacial score (nSPS) is 11.4. The molecule has 0 saturated heterocycles. The van der Waals surface area contributed by atoms with Crippen molar-refractivity contribution in [3.8, 4) is 29.5 Å². The molecule has 0 spiro atoms. The lowest BCUT2D eigenvalue weighted by Gasteiger charge is -2.17. The monoisotopic (exact) mass is 429 g/mol. The summed E-state index contributed by atoms with van der Waals surface area (Å²) in [5, 5.41) is 16.8. The van der Waals surface area contributed by atoms with Crippen molar-refractivity contribution in [2.45, 2.75) is 12.5 Å². The van der Waals surface area contributed by atoms with Crippen LogP contribution >= 0.6 is 22.7 Å². The first kappa shape index (κ1) is 19.6. The van der Waals surface area contributed by atoms with Crippen LogP contribution in [0.5, 0.6) is 0 Å². The number of fused-ring (bicyclic) bond motifs is 1. The lowest BCUT2D eigenvalue weighted by Crippen LogP contribution is -2.32. The summed E-state index contributed by atoms with van der Waals surface area (Å²) in [4.78, 5) is 20.8. The third-order valence-electron chi connectivity index (χ3n) is 4.45. The van der Waals surface area contributed by atoms with Crippen LogP contribution in [0.25, 0.3) is 21.3 Å². The van der Waals surface area contributed by atoms with Crippen molar-refractivity contribution in [1.29, 1.82) is 5.26 Å². The maximum atomic E-state index is 12.3. The number of nitriles is 1. The molecule has 2 N–H and O–H groups in total. The largest absolute Gasteiger partial charge is 0.330 e. The number of aromatic nitrogens is 2. The Morgan fingerprint density at radius 1 is 1.20 bits per heavy atom. The van der Waals surface area contributed by atoms with E-state index in [1.165, 1.54) is 11.3 Å². The quantitative estimate of drug-likeness (QED) is 0.428. The summed E-state index contributed by atoms with van der Waals surface area (Å²) in [6, 6.07) is 15.1. The second-order valence-electron chi connectivity index (χ2n) is 6.32. The molecule has 4 aromatic rings. The summed E-state index contributed by atoms with van der Waals surface area (Å²) in [7, 11) is 0. The third-order valence-corrected chi connectivity index (χ3v) is 6.10. The Kier molecular flexibility index (Phi) is 5.71. The predicted molar refractivity (Wildman–Crippen MR) is 120 cm³/mol. The summed E-state index contributed by atoms with van der Waals surface area (Å²) in [6.45, 7) is 0. The van der Waals surface area contributed by atoms with E-state index >= 15 is 0 Å². The summed E-state index contributed by atoms with van der Waals surface area (Å²) in [6.07, 6.45) is 5.44. The molecular formula is C22H15N5OS2. The second-order valence-corrected chi connectivity index (χ2v) is 8.04. The van der Waals surface area contributed by atoms with Crippen LogP contribution in [0.3, 0.4) is 0 Å². The van der Waals surface area contributed by atoms with Crippen molar-refractivity contribution in [3.63, 3.8) is 0 Å². The van der Waals surface area contributed by atoms with Gasteiger partial charge in [0.05, 0.1) is 34.3 Å². The highest BCUT2D eigenvalue weighted by Gasteiger charge is 2.16. The highest BCUT2D eigenvalue weighted by Crippen LogP contribution is 2.32. The fourth-order valence-corrected chi connectivity index (χ4v) is 4.44. The van der Waals surface area contributed by atoms with Crippen LogP contribution < -0.4 is 10.6 Å². The number of rotatable bonds is 5. The Hall–Kier alpha value is -3.72.